The minimum atomic E-state index is -0.785. The average molecular weight is 435 g/mol. The zero-order chi connectivity index (χ0) is 23.6. The third kappa shape index (κ3) is 4.05. The number of ether oxygens (including phenoxy) is 1. The number of Topliss-reactive ketones (excluding diaryl/α,β-unsaturated/α-hetero) is 2. The largest absolute Gasteiger partial charge is 0.380 e. The van der Waals surface area contributed by atoms with Crippen molar-refractivity contribution < 1.29 is 23.5 Å². The van der Waals surface area contributed by atoms with Gasteiger partial charge in [0.25, 0.3) is 5.91 Å². The van der Waals surface area contributed by atoms with Crippen LogP contribution in [0.1, 0.15) is 44.9 Å². The summed E-state index contributed by atoms with van der Waals surface area (Å²) in [4.78, 5) is 41.8. The van der Waals surface area contributed by atoms with Crippen LogP contribution in [0.3, 0.4) is 0 Å². The number of hydrogen-bond acceptors (Lipinski definition) is 4. The molecule has 1 aliphatic rings. The average Bonchev–Trinajstić information content (AvgIpc) is 3.31. The summed E-state index contributed by atoms with van der Waals surface area (Å²) in [5.74, 6) is 0.0392. The van der Waals surface area contributed by atoms with E-state index < -0.39 is 28.7 Å². The Kier molecular flexibility index (Phi) is 6.29. The van der Waals surface area contributed by atoms with Crippen molar-refractivity contribution in [1.29, 1.82) is 0 Å². The van der Waals surface area contributed by atoms with Crippen LogP contribution in [0, 0.1) is 44.0 Å². The maximum absolute atomic E-state index is 13.6. The van der Waals surface area contributed by atoms with Crippen molar-refractivity contribution in [3.05, 3.63) is 57.9 Å². The normalized spacial score (nSPS) is 17.4. The molecule has 7 nitrogen and oxygen atoms in total. The molecule has 1 amide bonds. The van der Waals surface area contributed by atoms with Crippen molar-refractivity contribution in [3.8, 4) is 12.3 Å². The van der Waals surface area contributed by atoms with Crippen LogP contribution in [-0.2, 0) is 16.6 Å². The van der Waals surface area contributed by atoms with Crippen LogP contribution < -0.4 is 5.32 Å². The van der Waals surface area contributed by atoms with Gasteiger partial charge in [-0.3, -0.25) is 14.4 Å². The monoisotopic (exact) mass is 435 g/mol. The van der Waals surface area contributed by atoms with Gasteiger partial charge in [0, 0.05) is 31.5 Å². The number of hydrogen-bond donors (Lipinski definition) is 1. The molecule has 1 aromatic heterocycles. The Hall–Kier alpha value is -3.75. The molecule has 0 bridgehead atoms. The first-order chi connectivity index (χ1) is 15.1. The number of nitrogens with zero attached hydrogens (tertiary/aromatic N) is 2. The van der Waals surface area contributed by atoms with Crippen LogP contribution in [0.4, 0.5) is 15.8 Å². The van der Waals surface area contributed by atoms with Crippen LogP contribution in [0.25, 0.3) is 4.85 Å². The van der Waals surface area contributed by atoms with Gasteiger partial charge in [0.15, 0.2) is 0 Å². The van der Waals surface area contributed by atoms with E-state index in [1.807, 2.05) is 0 Å². The molecule has 0 aliphatic carbocycles. The highest BCUT2D eigenvalue weighted by atomic mass is 19.1. The van der Waals surface area contributed by atoms with Gasteiger partial charge in [-0.05, 0) is 44.0 Å². The van der Waals surface area contributed by atoms with Gasteiger partial charge in [-0.15, -0.1) is 6.42 Å². The number of benzene rings is 1. The zero-order valence-corrected chi connectivity index (χ0v) is 18.0. The SMILES string of the molecule is [C-]#[N+]c1cc(NC(=O)c2c(C)c(C(=O)C(=O)CC3(C#C)CCOC3)c(C)n2C)ccc1F. The third-order valence-corrected chi connectivity index (χ3v) is 5.86. The number of ketones is 2. The first-order valence-electron chi connectivity index (χ1n) is 9.91. The summed E-state index contributed by atoms with van der Waals surface area (Å²) >= 11 is 0. The standard InChI is InChI=1S/C24H22FN3O4/c1-6-24(9-10-32-13-24)12-19(29)22(30)20-14(2)21(28(5)15(20)3)23(31)27-16-7-8-17(25)18(11-16)26-4/h1,7-8,11H,9-10,12-13H2,2-3,5H3,(H,27,31). The summed E-state index contributed by atoms with van der Waals surface area (Å²) in [6.07, 6.45) is 5.98. The second-order valence-electron chi connectivity index (χ2n) is 7.88. The molecule has 164 valence electrons. The van der Waals surface area contributed by atoms with Gasteiger partial charge in [0.05, 0.1) is 24.2 Å². The molecule has 8 heteroatoms. The summed E-state index contributed by atoms with van der Waals surface area (Å²) in [7, 11) is 1.61. The highest BCUT2D eigenvalue weighted by Gasteiger charge is 2.38. The van der Waals surface area contributed by atoms with E-state index in [1.54, 1.807) is 20.9 Å². The molecule has 1 aromatic carbocycles. The Morgan fingerprint density at radius 3 is 2.69 bits per heavy atom. The van der Waals surface area contributed by atoms with Gasteiger partial charge >= 0.3 is 0 Å². The van der Waals surface area contributed by atoms with Crippen molar-refractivity contribution in [1.82, 2.24) is 4.57 Å². The predicted molar refractivity (Wildman–Crippen MR) is 116 cm³/mol. The number of halogens is 1. The summed E-state index contributed by atoms with van der Waals surface area (Å²) in [6, 6.07) is 3.66. The molecule has 1 saturated heterocycles. The van der Waals surface area contributed by atoms with E-state index in [0.717, 1.165) is 6.07 Å². The molecule has 0 radical (unpaired) electrons. The molecule has 1 fully saturated rings. The van der Waals surface area contributed by atoms with E-state index >= 15 is 0 Å². The maximum Gasteiger partial charge on any atom is 0.272 e. The lowest BCUT2D eigenvalue weighted by molar-refractivity contribution is -0.116. The molecule has 1 aliphatic heterocycles. The predicted octanol–water partition coefficient (Wildman–Crippen LogP) is 3.77. The Morgan fingerprint density at radius 2 is 2.09 bits per heavy atom. The molecule has 0 saturated carbocycles. The second kappa shape index (κ2) is 8.78. The van der Waals surface area contributed by atoms with Crippen molar-refractivity contribution >= 4 is 28.8 Å². The topological polar surface area (TPSA) is 81.8 Å². The summed E-state index contributed by atoms with van der Waals surface area (Å²) in [5, 5.41) is 2.62. The molecular weight excluding hydrogens is 413 g/mol. The first-order valence-corrected chi connectivity index (χ1v) is 9.91. The van der Waals surface area contributed by atoms with Crippen molar-refractivity contribution in [2.45, 2.75) is 26.7 Å². The van der Waals surface area contributed by atoms with Crippen LogP contribution in [0.5, 0.6) is 0 Å². The third-order valence-electron chi connectivity index (χ3n) is 5.86. The molecule has 2 aromatic rings. The highest BCUT2D eigenvalue weighted by molar-refractivity contribution is 6.44. The summed E-state index contributed by atoms with van der Waals surface area (Å²) in [5.41, 5.74) is 0.393. The lowest BCUT2D eigenvalue weighted by atomic mass is 9.81. The van der Waals surface area contributed by atoms with E-state index in [-0.39, 0.29) is 35.7 Å². The molecule has 3 rings (SSSR count). The number of rotatable bonds is 6. The van der Waals surface area contributed by atoms with Crippen molar-refractivity contribution in [2.75, 3.05) is 18.5 Å². The van der Waals surface area contributed by atoms with Gasteiger partial charge < -0.3 is 14.6 Å². The van der Waals surface area contributed by atoms with Gasteiger partial charge in [0.2, 0.25) is 17.3 Å². The molecule has 1 N–H and O–H groups in total. The minimum absolute atomic E-state index is 0.118. The number of nitrogens with one attached hydrogen (secondary N) is 1. The quantitative estimate of drug-likeness (QED) is 0.324. The Labute approximate surface area is 185 Å². The van der Waals surface area contributed by atoms with Gasteiger partial charge in [0.1, 0.15) is 11.5 Å². The number of carbonyl (C=O) groups is 3. The van der Waals surface area contributed by atoms with Crippen molar-refractivity contribution in [2.24, 2.45) is 12.5 Å². The smallest absolute Gasteiger partial charge is 0.272 e. The van der Waals surface area contributed by atoms with Crippen LogP contribution in [0.15, 0.2) is 18.2 Å². The van der Waals surface area contributed by atoms with Gasteiger partial charge in [-0.25, -0.2) is 9.24 Å². The van der Waals surface area contributed by atoms with Crippen molar-refractivity contribution in [3.63, 3.8) is 0 Å². The lowest BCUT2D eigenvalue weighted by Crippen LogP contribution is -2.27. The lowest BCUT2D eigenvalue weighted by Gasteiger charge is -2.18. The number of aromatic nitrogens is 1. The van der Waals surface area contributed by atoms with E-state index in [4.69, 9.17) is 17.7 Å². The minimum Gasteiger partial charge on any atom is -0.380 e. The fourth-order valence-corrected chi connectivity index (χ4v) is 3.94. The summed E-state index contributed by atoms with van der Waals surface area (Å²) in [6.45, 7) is 10.9. The van der Waals surface area contributed by atoms with Gasteiger partial charge in [-0.1, -0.05) is 5.92 Å². The molecule has 1 unspecified atom stereocenters. The molecule has 2 heterocycles. The van der Waals surface area contributed by atoms with E-state index in [2.05, 4.69) is 16.1 Å². The highest BCUT2D eigenvalue weighted by Crippen LogP contribution is 2.33. The Balaban J connectivity index is 1.89. The Bertz CT molecular complexity index is 1210. The Morgan fingerprint density at radius 1 is 1.38 bits per heavy atom. The number of anilines is 1. The summed E-state index contributed by atoms with van der Waals surface area (Å²) < 4.78 is 20.4. The fourth-order valence-electron chi connectivity index (χ4n) is 3.94. The number of amides is 1. The molecule has 32 heavy (non-hydrogen) atoms. The van der Waals surface area contributed by atoms with E-state index in [1.165, 1.54) is 16.7 Å². The van der Waals surface area contributed by atoms with Crippen LogP contribution in [0.2, 0.25) is 0 Å². The second-order valence-corrected chi connectivity index (χ2v) is 7.88. The van der Waals surface area contributed by atoms with Crippen LogP contribution >= 0.6 is 0 Å². The van der Waals surface area contributed by atoms with Gasteiger partial charge in [-0.2, -0.15) is 0 Å². The molecule has 1 atom stereocenters. The first kappa shape index (κ1) is 22.9. The number of carbonyl (C=O) groups excluding carboxylic acids is 3. The zero-order valence-electron chi connectivity index (χ0n) is 18.0. The molecular formula is C24H22FN3O4. The fraction of sp³-hybridized carbons (Fsp3) is 0.333. The molecule has 0 spiro atoms. The van der Waals surface area contributed by atoms with E-state index in [9.17, 15) is 18.8 Å². The van der Waals surface area contributed by atoms with Crippen LogP contribution in [-0.4, -0.2) is 35.3 Å². The maximum atomic E-state index is 13.6. The number of terminal acetylenes is 1. The van der Waals surface area contributed by atoms with E-state index in [0.29, 0.717) is 24.3 Å².